The average Bonchev–Trinajstić information content (AvgIpc) is 3.13. The van der Waals surface area contributed by atoms with Crippen LogP contribution >= 0.6 is 12.4 Å². The molecule has 0 saturated carbocycles. The molecule has 0 atom stereocenters. The number of nitrogens with zero attached hydrogens (tertiary/aromatic N) is 5. The molecular formula is C20H25ClFN7O2. The molecule has 3 heterocycles. The summed E-state index contributed by atoms with van der Waals surface area (Å²) in [4.78, 5) is 23.8. The van der Waals surface area contributed by atoms with Gasteiger partial charge < -0.3 is 20.3 Å². The van der Waals surface area contributed by atoms with Crippen LogP contribution in [0.2, 0.25) is 0 Å². The maximum absolute atomic E-state index is 14.7. The van der Waals surface area contributed by atoms with Gasteiger partial charge in [0.05, 0.1) is 6.61 Å². The van der Waals surface area contributed by atoms with Crippen LogP contribution in [-0.2, 0) is 7.05 Å². The summed E-state index contributed by atoms with van der Waals surface area (Å²) >= 11 is 0. The maximum atomic E-state index is 14.7. The van der Waals surface area contributed by atoms with Crippen molar-refractivity contribution in [1.29, 1.82) is 0 Å². The smallest absolute Gasteiger partial charge is 0.262 e. The number of carbonyl (C=O) groups is 1. The number of hydrogen-bond donors (Lipinski definition) is 2. The highest BCUT2D eigenvalue weighted by atomic mass is 35.5. The van der Waals surface area contributed by atoms with Crippen molar-refractivity contribution in [2.45, 2.75) is 13.8 Å². The van der Waals surface area contributed by atoms with Crippen molar-refractivity contribution < 1.29 is 13.9 Å². The van der Waals surface area contributed by atoms with E-state index in [1.54, 1.807) is 26.2 Å². The summed E-state index contributed by atoms with van der Waals surface area (Å²) in [5, 5.41) is 10.8. The van der Waals surface area contributed by atoms with Crippen LogP contribution < -0.4 is 20.3 Å². The highest BCUT2D eigenvalue weighted by molar-refractivity contribution is 6.07. The molecule has 2 N–H and O–H groups in total. The van der Waals surface area contributed by atoms with E-state index in [9.17, 15) is 9.18 Å². The monoisotopic (exact) mass is 449 g/mol. The Morgan fingerprint density at radius 2 is 2.10 bits per heavy atom. The number of hydrogen-bond acceptors (Lipinski definition) is 7. The van der Waals surface area contributed by atoms with Crippen molar-refractivity contribution in [2.75, 3.05) is 43.0 Å². The molecule has 1 fully saturated rings. The summed E-state index contributed by atoms with van der Waals surface area (Å²) < 4.78 is 21.8. The fourth-order valence-electron chi connectivity index (χ4n) is 3.44. The predicted octanol–water partition coefficient (Wildman–Crippen LogP) is 2.29. The summed E-state index contributed by atoms with van der Waals surface area (Å²) in [6.07, 6.45) is 3.16. The molecule has 0 spiro atoms. The lowest BCUT2D eigenvalue weighted by atomic mass is 10.1. The van der Waals surface area contributed by atoms with Crippen LogP contribution in [-0.4, -0.2) is 58.4 Å². The number of halogens is 2. The lowest BCUT2D eigenvalue weighted by Gasteiger charge is -2.27. The minimum absolute atomic E-state index is 0. The van der Waals surface area contributed by atoms with Crippen molar-refractivity contribution in [1.82, 2.24) is 25.1 Å². The van der Waals surface area contributed by atoms with Gasteiger partial charge in [-0.15, -0.1) is 12.4 Å². The SMILES string of the molecule is CCOc1nc(N2CCNCC2)ncc1C(=O)Nc1cc2cn(C)nc2c(F)c1C.Cl. The van der Waals surface area contributed by atoms with Gasteiger partial charge in [0.25, 0.3) is 5.91 Å². The van der Waals surface area contributed by atoms with E-state index in [-0.39, 0.29) is 29.4 Å². The Balaban J connectivity index is 0.00000272. The van der Waals surface area contributed by atoms with Crippen LogP contribution in [0.15, 0.2) is 18.5 Å². The van der Waals surface area contributed by atoms with Crippen LogP contribution in [0, 0.1) is 12.7 Å². The minimum Gasteiger partial charge on any atom is -0.477 e. The second-order valence-electron chi connectivity index (χ2n) is 7.12. The fraction of sp³-hybridized carbons (Fsp3) is 0.400. The van der Waals surface area contributed by atoms with Crippen molar-refractivity contribution in [3.8, 4) is 5.88 Å². The maximum Gasteiger partial charge on any atom is 0.262 e. The largest absolute Gasteiger partial charge is 0.477 e. The summed E-state index contributed by atoms with van der Waals surface area (Å²) in [6.45, 7) is 7.03. The number of nitrogens with one attached hydrogen (secondary N) is 2. The molecule has 1 aliphatic rings. The molecule has 1 amide bonds. The lowest BCUT2D eigenvalue weighted by molar-refractivity contribution is 0.102. The lowest BCUT2D eigenvalue weighted by Crippen LogP contribution is -2.44. The van der Waals surface area contributed by atoms with Gasteiger partial charge in [-0.1, -0.05) is 0 Å². The number of aryl methyl sites for hydroxylation is 1. The van der Waals surface area contributed by atoms with Gasteiger partial charge in [-0.05, 0) is 19.9 Å². The third kappa shape index (κ3) is 4.54. The predicted molar refractivity (Wildman–Crippen MR) is 119 cm³/mol. The standard InChI is InChI=1S/C20H24FN7O2.ClH/c1-4-30-19-14(10-23-20(25-19)28-7-5-22-6-8-28)18(29)24-15-9-13-11-27(3)26-17(13)16(21)12(15)2;/h9-11,22H,4-8H2,1-3H3,(H,24,29);1H. The van der Waals surface area contributed by atoms with Crippen molar-refractivity contribution in [3.05, 3.63) is 35.4 Å². The number of ether oxygens (including phenoxy) is 1. The second-order valence-corrected chi connectivity index (χ2v) is 7.12. The highest BCUT2D eigenvalue weighted by Gasteiger charge is 2.21. The van der Waals surface area contributed by atoms with Crippen LogP contribution in [0.4, 0.5) is 16.0 Å². The Morgan fingerprint density at radius 1 is 1.35 bits per heavy atom. The third-order valence-electron chi connectivity index (χ3n) is 5.01. The number of piperazine rings is 1. The molecule has 0 unspecified atom stereocenters. The first-order valence-electron chi connectivity index (χ1n) is 9.87. The van der Waals surface area contributed by atoms with Gasteiger partial charge in [0, 0.05) is 62.3 Å². The molecule has 31 heavy (non-hydrogen) atoms. The van der Waals surface area contributed by atoms with E-state index in [1.807, 2.05) is 11.8 Å². The first kappa shape index (κ1) is 22.7. The molecule has 0 bridgehead atoms. The second kappa shape index (κ2) is 9.44. The van der Waals surface area contributed by atoms with Gasteiger partial charge in [0.15, 0.2) is 5.82 Å². The number of fused-ring (bicyclic) bond motifs is 1. The van der Waals surface area contributed by atoms with Crippen molar-refractivity contribution >= 4 is 40.9 Å². The van der Waals surface area contributed by atoms with Gasteiger partial charge in [-0.3, -0.25) is 9.48 Å². The number of rotatable bonds is 5. The first-order valence-corrected chi connectivity index (χ1v) is 9.87. The van der Waals surface area contributed by atoms with E-state index in [0.29, 0.717) is 29.2 Å². The Kier molecular flexibility index (Phi) is 6.91. The van der Waals surface area contributed by atoms with E-state index >= 15 is 0 Å². The highest BCUT2D eigenvalue weighted by Crippen LogP contribution is 2.28. The van der Waals surface area contributed by atoms with Crippen LogP contribution in [0.25, 0.3) is 10.9 Å². The van der Waals surface area contributed by atoms with E-state index < -0.39 is 11.7 Å². The quantitative estimate of drug-likeness (QED) is 0.616. The molecule has 0 aliphatic carbocycles. The van der Waals surface area contributed by atoms with Gasteiger partial charge in [-0.2, -0.15) is 10.1 Å². The van der Waals surface area contributed by atoms with Crippen LogP contribution in [0.1, 0.15) is 22.8 Å². The number of aromatic nitrogens is 4. The zero-order valence-corrected chi connectivity index (χ0v) is 18.4. The normalized spacial score (nSPS) is 13.7. The van der Waals surface area contributed by atoms with Gasteiger partial charge in [0.1, 0.15) is 11.1 Å². The van der Waals surface area contributed by atoms with Crippen molar-refractivity contribution in [3.63, 3.8) is 0 Å². The van der Waals surface area contributed by atoms with E-state index in [2.05, 4.69) is 25.7 Å². The topological polar surface area (TPSA) is 97.2 Å². The van der Waals surface area contributed by atoms with E-state index in [0.717, 1.165) is 26.2 Å². The van der Waals surface area contributed by atoms with Crippen LogP contribution in [0.5, 0.6) is 5.88 Å². The molecule has 2 aromatic heterocycles. The Hall–Kier alpha value is -2.98. The molecule has 1 saturated heterocycles. The molecule has 4 rings (SSSR count). The minimum atomic E-state index is -0.462. The Morgan fingerprint density at radius 3 is 2.81 bits per heavy atom. The Labute approximate surface area is 185 Å². The number of benzene rings is 1. The molecular weight excluding hydrogens is 425 g/mol. The third-order valence-corrected chi connectivity index (χ3v) is 5.01. The van der Waals surface area contributed by atoms with E-state index in [4.69, 9.17) is 4.74 Å². The number of amides is 1. The van der Waals surface area contributed by atoms with Crippen LogP contribution in [0.3, 0.4) is 0 Å². The summed E-state index contributed by atoms with van der Waals surface area (Å²) in [6, 6.07) is 1.70. The first-order chi connectivity index (χ1) is 14.5. The van der Waals surface area contributed by atoms with Gasteiger partial charge in [0.2, 0.25) is 11.8 Å². The summed E-state index contributed by atoms with van der Waals surface area (Å²) in [5.74, 6) is -0.190. The zero-order chi connectivity index (χ0) is 21.3. The molecule has 166 valence electrons. The summed E-state index contributed by atoms with van der Waals surface area (Å²) in [5.41, 5.74) is 1.14. The fourth-order valence-corrected chi connectivity index (χ4v) is 3.44. The van der Waals surface area contributed by atoms with Gasteiger partial charge in [-0.25, -0.2) is 9.37 Å². The number of carbonyl (C=O) groups excluding carboxylic acids is 1. The van der Waals surface area contributed by atoms with E-state index in [1.165, 1.54) is 10.9 Å². The zero-order valence-electron chi connectivity index (χ0n) is 17.6. The molecule has 0 radical (unpaired) electrons. The van der Waals surface area contributed by atoms with Gasteiger partial charge >= 0.3 is 0 Å². The molecule has 1 aromatic carbocycles. The number of anilines is 2. The average molecular weight is 450 g/mol. The molecule has 1 aliphatic heterocycles. The molecule has 3 aromatic rings. The van der Waals surface area contributed by atoms with Crippen molar-refractivity contribution in [2.24, 2.45) is 7.05 Å². The molecule has 11 heteroatoms. The Bertz CT molecular complexity index is 1100. The molecule has 9 nitrogen and oxygen atoms in total. The summed E-state index contributed by atoms with van der Waals surface area (Å²) in [7, 11) is 1.72.